The fourth-order valence-corrected chi connectivity index (χ4v) is 5.17. The van der Waals surface area contributed by atoms with Crippen molar-refractivity contribution in [2.24, 2.45) is 5.92 Å². The summed E-state index contributed by atoms with van der Waals surface area (Å²) in [6.45, 7) is 3.81. The third-order valence-corrected chi connectivity index (χ3v) is 6.80. The highest BCUT2D eigenvalue weighted by Crippen LogP contribution is 2.47. The van der Waals surface area contributed by atoms with E-state index in [9.17, 15) is 0 Å². The van der Waals surface area contributed by atoms with E-state index in [2.05, 4.69) is 17.4 Å². The van der Waals surface area contributed by atoms with E-state index in [0.717, 1.165) is 54.3 Å². The van der Waals surface area contributed by atoms with Gasteiger partial charge in [-0.2, -0.15) is 0 Å². The van der Waals surface area contributed by atoms with Gasteiger partial charge in [-0.3, -0.25) is 0 Å². The molecule has 1 N–H and O–H groups in total. The lowest BCUT2D eigenvalue weighted by Gasteiger charge is -2.34. The molecule has 1 aliphatic heterocycles. The Kier molecular flexibility index (Phi) is 4.09. The fourth-order valence-electron chi connectivity index (χ4n) is 4.59. The highest BCUT2D eigenvalue weighted by atomic mass is 35.5. The third kappa shape index (κ3) is 2.78. The zero-order valence-corrected chi connectivity index (χ0v) is 16.2. The van der Waals surface area contributed by atoms with Crippen LogP contribution in [0.5, 0.6) is 0 Å². The molecule has 3 aliphatic rings. The summed E-state index contributed by atoms with van der Waals surface area (Å²) in [5.74, 6) is 2.12. The monoisotopic (exact) mass is 392 g/mol. The molecule has 2 saturated carbocycles. The van der Waals surface area contributed by atoms with Crippen molar-refractivity contribution in [3.05, 3.63) is 39.6 Å². The Bertz CT molecular complexity index is 828. The number of piperidine rings is 1. The molecule has 5 rings (SSSR count). The zero-order valence-electron chi connectivity index (χ0n) is 14.7. The van der Waals surface area contributed by atoms with Gasteiger partial charge < -0.3 is 14.6 Å². The van der Waals surface area contributed by atoms with E-state index >= 15 is 0 Å². The summed E-state index contributed by atoms with van der Waals surface area (Å²) in [6.07, 6.45) is 4.60. The molecule has 2 aromatic rings. The number of hydrogen-bond acceptors (Lipinski definition) is 4. The van der Waals surface area contributed by atoms with Gasteiger partial charge in [0.05, 0.1) is 22.3 Å². The van der Waals surface area contributed by atoms with Crippen LogP contribution in [0.25, 0.3) is 11.3 Å². The molecule has 1 aromatic heterocycles. The summed E-state index contributed by atoms with van der Waals surface area (Å²) in [5, 5.41) is 9.10. The SMILES string of the molecule is C[C@]1(OCc2c(-c3c(Cl)cccc3Cl)noc2C2CC2)C[C@H]2CN[C@@H]1C2. The molecule has 2 aliphatic carbocycles. The van der Waals surface area contributed by atoms with Crippen molar-refractivity contribution in [2.45, 2.75) is 56.8 Å². The van der Waals surface area contributed by atoms with Crippen LogP contribution < -0.4 is 5.32 Å². The fraction of sp³-hybridized carbons (Fsp3) is 0.550. The van der Waals surface area contributed by atoms with Crippen molar-refractivity contribution in [3.63, 3.8) is 0 Å². The van der Waals surface area contributed by atoms with Crippen molar-refractivity contribution in [1.29, 1.82) is 0 Å². The zero-order chi connectivity index (χ0) is 17.9. The van der Waals surface area contributed by atoms with Crippen LogP contribution >= 0.6 is 23.2 Å². The molecule has 0 unspecified atom stereocenters. The number of halogens is 2. The maximum Gasteiger partial charge on any atom is 0.145 e. The molecule has 26 heavy (non-hydrogen) atoms. The molecule has 0 spiro atoms. The molecule has 2 heterocycles. The minimum Gasteiger partial charge on any atom is -0.369 e. The van der Waals surface area contributed by atoms with Crippen molar-refractivity contribution in [3.8, 4) is 11.3 Å². The van der Waals surface area contributed by atoms with Crippen molar-refractivity contribution in [2.75, 3.05) is 6.54 Å². The van der Waals surface area contributed by atoms with E-state index < -0.39 is 0 Å². The molecule has 0 radical (unpaired) electrons. The van der Waals surface area contributed by atoms with Gasteiger partial charge in [0.15, 0.2) is 0 Å². The molecule has 0 amide bonds. The summed E-state index contributed by atoms with van der Waals surface area (Å²) in [5.41, 5.74) is 2.33. The van der Waals surface area contributed by atoms with Crippen LogP contribution in [-0.4, -0.2) is 23.3 Å². The Balaban J connectivity index is 1.48. The second-order valence-electron chi connectivity index (χ2n) is 8.11. The largest absolute Gasteiger partial charge is 0.369 e. The first kappa shape index (κ1) is 17.1. The smallest absolute Gasteiger partial charge is 0.145 e. The van der Waals surface area contributed by atoms with Gasteiger partial charge in [0.2, 0.25) is 0 Å². The average molecular weight is 393 g/mol. The third-order valence-electron chi connectivity index (χ3n) is 6.17. The number of nitrogens with one attached hydrogen (secondary N) is 1. The summed E-state index contributed by atoms with van der Waals surface area (Å²) in [7, 11) is 0. The van der Waals surface area contributed by atoms with E-state index in [1.807, 2.05) is 18.2 Å². The first-order valence-electron chi connectivity index (χ1n) is 9.35. The molecular formula is C20H22Cl2N2O2. The lowest BCUT2D eigenvalue weighted by Crippen LogP contribution is -2.48. The van der Waals surface area contributed by atoms with Crippen molar-refractivity contribution < 1.29 is 9.26 Å². The standard InChI is InChI=1S/C20H22Cl2N2O2/c1-20(8-11-7-16(20)23-9-11)25-10-13-18(24-26-19(13)12-5-6-12)17-14(21)3-2-4-15(17)22/h2-4,11-12,16,23H,5-10H2,1H3/t11-,16+,20-/m0/s1. The van der Waals surface area contributed by atoms with Gasteiger partial charge in [0.25, 0.3) is 0 Å². The van der Waals surface area contributed by atoms with Gasteiger partial charge in [0.1, 0.15) is 11.5 Å². The topological polar surface area (TPSA) is 47.3 Å². The van der Waals surface area contributed by atoms with Gasteiger partial charge in [-0.25, -0.2) is 0 Å². The summed E-state index contributed by atoms with van der Waals surface area (Å²) < 4.78 is 12.2. The highest BCUT2D eigenvalue weighted by Gasteiger charge is 2.49. The number of rotatable bonds is 5. The molecule has 6 heteroatoms. The van der Waals surface area contributed by atoms with Crippen LogP contribution in [-0.2, 0) is 11.3 Å². The van der Waals surface area contributed by atoms with Crippen LogP contribution in [0.15, 0.2) is 22.7 Å². The van der Waals surface area contributed by atoms with Crippen molar-refractivity contribution in [1.82, 2.24) is 10.5 Å². The van der Waals surface area contributed by atoms with Crippen LogP contribution in [0.1, 0.15) is 49.8 Å². The lowest BCUT2D eigenvalue weighted by atomic mass is 9.96. The van der Waals surface area contributed by atoms with Crippen LogP contribution in [0.4, 0.5) is 0 Å². The number of aromatic nitrogens is 1. The number of ether oxygens (including phenoxy) is 1. The molecule has 4 nitrogen and oxygen atoms in total. The molecule has 138 valence electrons. The van der Waals surface area contributed by atoms with Crippen LogP contribution in [0.2, 0.25) is 10.0 Å². The van der Waals surface area contributed by atoms with Crippen LogP contribution in [0, 0.1) is 5.92 Å². The predicted octanol–water partition coefficient (Wildman–Crippen LogP) is 5.18. The molecule has 3 atom stereocenters. The molecular weight excluding hydrogens is 371 g/mol. The van der Waals surface area contributed by atoms with Gasteiger partial charge in [0, 0.05) is 23.1 Å². The minimum atomic E-state index is -0.136. The first-order chi connectivity index (χ1) is 12.5. The van der Waals surface area contributed by atoms with Gasteiger partial charge >= 0.3 is 0 Å². The quantitative estimate of drug-likeness (QED) is 0.760. The summed E-state index contributed by atoms with van der Waals surface area (Å²) in [4.78, 5) is 0. The second kappa shape index (κ2) is 6.23. The molecule has 3 fully saturated rings. The lowest BCUT2D eigenvalue weighted by molar-refractivity contribution is -0.0644. The number of nitrogens with zero attached hydrogens (tertiary/aromatic N) is 1. The minimum absolute atomic E-state index is 0.136. The Hall–Kier alpha value is -1.07. The van der Waals surface area contributed by atoms with E-state index in [1.54, 1.807) is 0 Å². The first-order valence-corrected chi connectivity index (χ1v) is 10.1. The highest BCUT2D eigenvalue weighted by molar-refractivity contribution is 6.39. The number of hydrogen-bond donors (Lipinski definition) is 1. The van der Waals surface area contributed by atoms with Gasteiger partial charge in [-0.05, 0) is 57.2 Å². The Labute approximate surface area is 163 Å². The van der Waals surface area contributed by atoms with Gasteiger partial charge in [-0.15, -0.1) is 0 Å². The Morgan fingerprint density at radius 1 is 1.31 bits per heavy atom. The number of benzene rings is 1. The normalized spacial score (nSPS) is 30.3. The van der Waals surface area contributed by atoms with Crippen molar-refractivity contribution >= 4 is 23.2 Å². The maximum absolute atomic E-state index is 6.48. The Morgan fingerprint density at radius 3 is 2.69 bits per heavy atom. The van der Waals surface area contributed by atoms with Gasteiger partial charge in [-0.1, -0.05) is 34.4 Å². The summed E-state index contributed by atoms with van der Waals surface area (Å²) >= 11 is 12.9. The predicted molar refractivity (Wildman–Crippen MR) is 102 cm³/mol. The number of fused-ring (bicyclic) bond motifs is 2. The molecule has 1 saturated heterocycles. The van der Waals surface area contributed by atoms with E-state index in [4.69, 9.17) is 32.5 Å². The van der Waals surface area contributed by atoms with E-state index in [1.165, 1.54) is 6.42 Å². The van der Waals surface area contributed by atoms with Crippen LogP contribution in [0.3, 0.4) is 0 Å². The Morgan fingerprint density at radius 2 is 2.08 bits per heavy atom. The van der Waals surface area contributed by atoms with E-state index in [-0.39, 0.29) is 5.60 Å². The molecule has 2 bridgehead atoms. The summed E-state index contributed by atoms with van der Waals surface area (Å²) in [6, 6.07) is 5.94. The molecule has 1 aromatic carbocycles. The average Bonchev–Trinajstić information content (AvgIpc) is 3.07. The van der Waals surface area contributed by atoms with E-state index in [0.29, 0.717) is 28.6 Å². The maximum atomic E-state index is 6.48. The second-order valence-corrected chi connectivity index (χ2v) is 8.93.